The fraction of sp³-hybridized carbons (Fsp3) is 0.267. The zero-order chi connectivity index (χ0) is 16.7. The summed E-state index contributed by atoms with van der Waals surface area (Å²) in [5.41, 5.74) is -0.101. The molecule has 0 aliphatic rings. The minimum absolute atomic E-state index is 0.0242. The van der Waals surface area contributed by atoms with E-state index in [1.807, 2.05) is 0 Å². The van der Waals surface area contributed by atoms with Gasteiger partial charge in [-0.1, -0.05) is 0 Å². The van der Waals surface area contributed by atoms with E-state index >= 15 is 0 Å². The van der Waals surface area contributed by atoms with Gasteiger partial charge in [0.15, 0.2) is 0 Å². The van der Waals surface area contributed by atoms with Crippen molar-refractivity contribution in [3.05, 3.63) is 47.9 Å². The van der Waals surface area contributed by atoms with Crippen molar-refractivity contribution in [3.63, 3.8) is 0 Å². The topological polar surface area (TPSA) is 76.1 Å². The molecule has 1 amide bonds. The van der Waals surface area contributed by atoms with E-state index in [4.69, 9.17) is 4.74 Å². The number of aromatic nitrogens is 2. The van der Waals surface area contributed by atoms with Gasteiger partial charge in [-0.3, -0.25) is 4.79 Å². The fourth-order valence-corrected chi connectivity index (χ4v) is 1.75. The molecule has 0 saturated heterocycles. The molecule has 1 aromatic carbocycles. The zero-order valence-electron chi connectivity index (χ0n) is 12.5. The maximum Gasteiger partial charge on any atom is 0.275 e. The van der Waals surface area contributed by atoms with Gasteiger partial charge in [0.05, 0.1) is 18.1 Å². The summed E-state index contributed by atoms with van der Waals surface area (Å²) in [6.07, 6.45) is 3.49. The first-order valence-corrected chi connectivity index (χ1v) is 6.91. The van der Waals surface area contributed by atoms with Crippen LogP contribution in [0.25, 0.3) is 0 Å². The lowest BCUT2D eigenvalue weighted by atomic mass is 10.3. The summed E-state index contributed by atoms with van der Waals surface area (Å²) in [6, 6.07) is 2.88. The molecule has 0 spiro atoms. The van der Waals surface area contributed by atoms with Crippen LogP contribution in [0.5, 0.6) is 0 Å². The molecular formula is C15H16F2N4O2. The van der Waals surface area contributed by atoms with E-state index in [-0.39, 0.29) is 11.4 Å². The minimum atomic E-state index is -0.859. The number of carbonyl (C=O) groups excluding carboxylic acids is 1. The van der Waals surface area contributed by atoms with Crippen LogP contribution in [-0.4, -0.2) is 36.1 Å². The highest BCUT2D eigenvalue weighted by atomic mass is 19.1. The molecule has 0 atom stereocenters. The Hall–Kier alpha value is -2.61. The molecule has 0 fully saturated rings. The maximum absolute atomic E-state index is 13.5. The van der Waals surface area contributed by atoms with Crippen molar-refractivity contribution in [1.29, 1.82) is 0 Å². The highest BCUT2D eigenvalue weighted by Crippen LogP contribution is 2.15. The number of benzene rings is 1. The molecule has 6 nitrogen and oxygen atoms in total. The predicted molar refractivity (Wildman–Crippen MR) is 81.3 cm³/mol. The molecule has 0 aliphatic heterocycles. The second-order valence-corrected chi connectivity index (χ2v) is 4.64. The lowest BCUT2D eigenvalue weighted by Crippen LogP contribution is -2.15. The number of halogens is 2. The number of nitrogens with zero attached hydrogens (tertiary/aromatic N) is 2. The first kappa shape index (κ1) is 16.8. The van der Waals surface area contributed by atoms with Gasteiger partial charge in [0.1, 0.15) is 23.1 Å². The average Bonchev–Trinajstić information content (AvgIpc) is 2.55. The summed E-state index contributed by atoms with van der Waals surface area (Å²) in [7, 11) is 1.62. The summed E-state index contributed by atoms with van der Waals surface area (Å²) < 4.78 is 31.2. The van der Waals surface area contributed by atoms with Crippen LogP contribution in [0.1, 0.15) is 16.9 Å². The van der Waals surface area contributed by atoms with Gasteiger partial charge in [-0.25, -0.2) is 18.7 Å². The number of ether oxygens (including phenoxy) is 1. The highest BCUT2D eigenvalue weighted by Gasteiger charge is 2.11. The van der Waals surface area contributed by atoms with Crippen LogP contribution in [-0.2, 0) is 4.74 Å². The molecule has 2 aromatic rings. The van der Waals surface area contributed by atoms with Crippen LogP contribution in [0.15, 0.2) is 30.6 Å². The largest absolute Gasteiger partial charge is 0.385 e. The number of nitrogens with one attached hydrogen (secondary N) is 2. The van der Waals surface area contributed by atoms with Crippen LogP contribution in [0, 0.1) is 11.6 Å². The minimum Gasteiger partial charge on any atom is -0.385 e. The van der Waals surface area contributed by atoms with Gasteiger partial charge < -0.3 is 15.4 Å². The number of amides is 1. The Labute approximate surface area is 131 Å². The van der Waals surface area contributed by atoms with Crippen LogP contribution >= 0.6 is 0 Å². The zero-order valence-corrected chi connectivity index (χ0v) is 12.5. The van der Waals surface area contributed by atoms with Crippen molar-refractivity contribution >= 4 is 17.4 Å². The first-order valence-electron chi connectivity index (χ1n) is 6.91. The van der Waals surface area contributed by atoms with Gasteiger partial charge in [-0.05, 0) is 18.6 Å². The molecule has 1 aromatic heterocycles. The fourth-order valence-electron chi connectivity index (χ4n) is 1.75. The Morgan fingerprint density at radius 1 is 1.26 bits per heavy atom. The van der Waals surface area contributed by atoms with E-state index < -0.39 is 17.5 Å². The summed E-state index contributed by atoms with van der Waals surface area (Å²) in [5.74, 6) is -1.69. The van der Waals surface area contributed by atoms with Crippen LogP contribution < -0.4 is 10.6 Å². The second kappa shape index (κ2) is 8.14. The van der Waals surface area contributed by atoms with Crippen LogP contribution in [0.3, 0.4) is 0 Å². The normalized spacial score (nSPS) is 10.4. The monoisotopic (exact) mass is 322 g/mol. The maximum atomic E-state index is 13.5. The average molecular weight is 322 g/mol. The van der Waals surface area contributed by atoms with Gasteiger partial charge in [-0.15, -0.1) is 0 Å². The molecule has 2 N–H and O–H groups in total. The highest BCUT2D eigenvalue weighted by molar-refractivity contribution is 6.02. The van der Waals surface area contributed by atoms with Gasteiger partial charge in [0.2, 0.25) is 0 Å². The van der Waals surface area contributed by atoms with Crippen molar-refractivity contribution in [2.45, 2.75) is 6.42 Å². The Balaban J connectivity index is 1.94. The summed E-state index contributed by atoms with van der Waals surface area (Å²) >= 11 is 0. The number of rotatable bonds is 7. The molecule has 8 heteroatoms. The van der Waals surface area contributed by atoms with E-state index in [9.17, 15) is 13.6 Å². The van der Waals surface area contributed by atoms with Gasteiger partial charge >= 0.3 is 0 Å². The van der Waals surface area contributed by atoms with Crippen molar-refractivity contribution in [1.82, 2.24) is 9.97 Å². The molecule has 0 saturated carbocycles. The quantitative estimate of drug-likeness (QED) is 0.766. The van der Waals surface area contributed by atoms with Crippen molar-refractivity contribution in [2.24, 2.45) is 0 Å². The van der Waals surface area contributed by atoms with E-state index in [0.717, 1.165) is 18.6 Å². The Kier molecular flexibility index (Phi) is 5.93. The second-order valence-electron chi connectivity index (χ2n) is 4.64. The Morgan fingerprint density at radius 3 is 2.74 bits per heavy atom. The molecule has 0 radical (unpaired) electrons. The molecule has 0 unspecified atom stereocenters. The van der Waals surface area contributed by atoms with E-state index in [0.29, 0.717) is 25.0 Å². The summed E-state index contributed by atoms with van der Waals surface area (Å²) in [4.78, 5) is 20.0. The molecule has 0 bridgehead atoms. The van der Waals surface area contributed by atoms with Crippen molar-refractivity contribution in [2.75, 3.05) is 30.9 Å². The lowest BCUT2D eigenvalue weighted by molar-refractivity contribution is 0.102. The van der Waals surface area contributed by atoms with Crippen LogP contribution in [0.4, 0.5) is 20.3 Å². The van der Waals surface area contributed by atoms with E-state index in [2.05, 4.69) is 20.6 Å². The third-order valence-corrected chi connectivity index (χ3v) is 2.90. The van der Waals surface area contributed by atoms with E-state index in [1.165, 1.54) is 12.4 Å². The standard InChI is InChI=1S/C15H16F2N4O2/c1-23-6-2-5-18-14-9-19-13(8-20-14)15(22)21-12-4-3-10(16)7-11(12)17/h3-4,7-9H,2,5-6H2,1H3,(H,18,20)(H,21,22). The number of hydrogen-bond donors (Lipinski definition) is 2. The third kappa shape index (κ3) is 4.96. The van der Waals surface area contributed by atoms with Gasteiger partial charge in [0, 0.05) is 26.3 Å². The number of methoxy groups -OCH3 is 1. The smallest absolute Gasteiger partial charge is 0.275 e. The predicted octanol–water partition coefficient (Wildman–Crippen LogP) is 2.46. The molecule has 2 rings (SSSR count). The SMILES string of the molecule is COCCCNc1cnc(C(=O)Nc2ccc(F)cc2F)cn1. The third-order valence-electron chi connectivity index (χ3n) is 2.90. The van der Waals surface area contributed by atoms with Gasteiger partial charge in [-0.2, -0.15) is 0 Å². The van der Waals surface area contributed by atoms with Gasteiger partial charge in [0.25, 0.3) is 5.91 Å². The number of hydrogen-bond acceptors (Lipinski definition) is 5. The summed E-state index contributed by atoms with van der Waals surface area (Å²) in [6.45, 7) is 1.29. The van der Waals surface area contributed by atoms with Crippen molar-refractivity contribution in [3.8, 4) is 0 Å². The Bertz CT molecular complexity index is 665. The molecule has 23 heavy (non-hydrogen) atoms. The Morgan fingerprint density at radius 2 is 2.09 bits per heavy atom. The molecule has 122 valence electrons. The van der Waals surface area contributed by atoms with Crippen LogP contribution in [0.2, 0.25) is 0 Å². The molecule has 1 heterocycles. The number of carbonyl (C=O) groups is 1. The molecular weight excluding hydrogens is 306 g/mol. The van der Waals surface area contributed by atoms with E-state index in [1.54, 1.807) is 7.11 Å². The number of anilines is 2. The molecule has 0 aliphatic carbocycles. The lowest BCUT2D eigenvalue weighted by Gasteiger charge is -2.07. The van der Waals surface area contributed by atoms with Crippen molar-refractivity contribution < 1.29 is 18.3 Å². The first-order chi connectivity index (χ1) is 11.1. The summed E-state index contributed by atoms with van der Waals surface area (Å²) in [5, 5.41) is 5.34.